The Labute approximate surface area is 398 Å². The third-order valence-electron chi connectivity index (χ3n) is 10.1. The molecule has 1 aliphatic heterocycles. The molecule has 0 radical (unpaired) electrons. The predicted molar refractivity (Wildman–Crippen MR) is 247 cm³/mol. The Bertz CT molecular complexity index is 1730. The Morgan fingerprint density at radius 2 is 1.18 bits per heavy atom. The molecule has 2 unspecified atom stereocenters. The van der Waals surface area contributed by atoms with Crippen LogP contribution in [0.1, 0.15) is 65.4 Å². The van der Waals surface area contributed by atoms with E-state index >= 15 is 0 Å². The van der Waals surface area contributed by atoms with Crippen LogP contribution < -0.4 is 27.0 Å². The number of carbonyl (C=O) groups excluding carboxylic acids is 8. The van der Waals surface area contributed by atoms with Crippen molar-refractivity contribution in [3.63, 3.8) is 0 Å². The number of primary amides is 1. The number of nitrogens with two attached hydrogens (primary N) is 1. The van der Waals surface area contributed by atoms with Crippen LogP contribution >= 0.6 is 0 Å². The number of carbonyl (C=O) groups is 8. The van der Waals surface area contributed by atoms with Crippen molar-refractivity contribution >= 4 is 53.1 Å². The normalized spacial score (nSPS) is 13.1. The summed E-state index contributed by atoms with van der Waals surface area (Å²) in [6.07, 6.45) is 3.86. The van der Waals surface area contributed by atoms with Gasteiger partial charge in [-0.05, 0) is 42.4 Å². The van der Waals surface area contributed by atoms with Crippen LogP contribution in [0, 0.1) is 11.8 Å². The smallest absolute Gasteiger partial charge is 0.407 e. The number of rotatable bonds is 38. The van der Waals surface area contributed by atoms with E-state index in [9.17, 15) is 38.4 Å². The number of anilines is 1. The maximum Gasteiger partial charge on any atom is 0.407 e. The second kappa shape index (κ2) is 34.7. The fourth-order valence-electron chi connectivity index (χ4n) is 6.42. The van der Waals surface area contributed by atoms with Crippen molar-refractivity contribution in [2.45, 2.75) is 78.5 Å². The first-order valence-corrected chi connectivity index (χ1v) is 23.0. The van der Waals surface area contributed by atoms with E-state index < -0.39 is 35.9 Å². The van der Waals surface area contributed by atoms with E-state index in [2.05, 4.69) is 21.3 Å². The molecule has 1 heterocycles. The molecule has 1 aliphatic rings. The molecule has 1 aromatic carbocycles. The molecule has 8 amide bonds. The van der Waals surface area contributed by atoms with E-state index in [0.717, 1.165) is 4.90 Å². The fraction of sp³-hybridized carbons (Fsp3) is 0.652. The maximum absolute atomic E-state index is 12.8. The second-order valence-corrected chi connectivity index (χ2v) is 16.2. The lowest BCUT2D eigenvalue weighted by molar-refractivity contribution is -0.140. The monoisotopic (exact) mass is 964 g/mol. The zero-order chi connectivity index (χ0) is 50.1. The van der Waals surface area contributed by atoms with Crippen LogP contribution in [-0.4, -0.2) is 175 Å². The number of benzene rings is 1. The zero-order valence-electron chi connectivity index (χ0n) is 40.2. The topological polar surface area (TPSA) is 282 Å². The number of hydrogen-bond acceptors (Lipinski definition) is 15. The van der Waals surface area contributed by atoms with Crippen LogP contribution in [-0.2, 0) is 73.3 Å². The number of likely N-dealkylation sites (N-methyl/N-ethyl adjacent to an activating group) is 1. The minimum atomic E-state index is -0.844. The molecule has 22 nitrogen and oxygen atoms in total. The molecule has 0 aromatic heterocycles. The average Bonchev–Trinajstić information content (AvgIpc) is 3.62. The quantitative estimate of drug-likeness (QED) is 0.0458. The SMILES string of the molecule is CC(C)C(NC(=O)CCCCCN1C(=O)C=CC1=O)C(=O)NCC(=O)Nc1ccc(COC(=O)NCCOCCOCCOCCOCCOCCOCCC(=O)N(C)C(C(N)=O)C(C)C)cc1. The second-order valence-electron chi connectivity index (χ2n) is 16.2. The summed E-state index contributed by atoms with van der Waals surface area (Å²) in [5.74, 6) is -3.02. The van der Waals surface area contributed by atoms with Crippen LogP contribution in [0.4, 0.5) is 10.5 Å². The fourth-order valence-corrected chi connectivity index (χ4v) is 6.42. The third-order valence-corrected chi connectivity index (χ3v) is 10.1. The van der Waals surface area contributed by atoms with Gasteiger partial charge >= 0.3 is 6.09 Å². The largest absolute Gasteiger partial charge is 0.445 e. The standard InChI is InChI=1S/C46H73N7O15/c1-33(2)42(51-37(54)9-7-6-8-18-53-40(57)14-15-41(53)58)45(60)49-31-38(55)50-36-12-10-35(11-13-36)32-68-46(61)48-17-20-63-22-24-65-26-28-67-30-29-66-27-25-64-23-21-62-19-16-39(56)52(5)43(34(3)4)44(47)59/h10-15,33-34,42-43H,6-9,16-32H2,1-5H3,(H2,47,59)(H,48,61)(H,49,60)(H,50,55)(H,51,54). The molecule has 1 aromatic rings. The average molecular weight is 964 g/mol. The molecule has 68 heavy (non-hydrogen) atoms. The van der Waals surface area contributed by atoms with E-state index in [4.69, 9.17) is 38.9 Å². The first-order valence-electron chi connectivity index (χ1n) is 23.0. The minimum absolute atomic E-state index is 0.00254. The number of hydrogen-bond donors (Lipinski definition) is 5. The van der Waals surface area contributed by atoms with Gasteiger partial charge in [0, 0.05) is 44.4 Å². The van der Waals surface area contributed by atoms with Gasteiger partial charge in [-0.3, -0.25) is 38.5 Å². The molecule has 0 fully saturated rings. The highest BCUT2D eigenvalue weighted by Gasteiger charge is 2.28. The lowest BCUT2D eigenvalue weighted by Gasteiger charge is -2.28. The van der Waals surface area contributed by atoms with Crippen molar-refractivity contribution in [1.82, 2.24) is 25.8 Å². The molecule has 0 saturated carbocycles. The highest BCUT2D eigenvalue weighted by Crippen LogP contribution is 2.13. The molecule has 0 aliphatic carbocycles. The van der Waals surface area contributed by atoms with Crippen molar-refractivity contribution in [3.8, 4) is 0 Å². The van der Waals surface area contributed by atoms with Crippen molar-refractivity contribution in [3.05, 3.63) is 42.0 Å². The van der Waals surface area contributed by atoms with E-state index in [1.54, 1.807) is 45.2 Å². The number of unbranched alkanes of at least 4 members (excludes halogenated alkanes) is 2. The van der Waals surface area contributed by atoms with Crippen LogP contribution in [0.15, 0.2) is 36.4 Å². The van der Waals surface area contributed by atoms with Gasteiger partial charge in [0.2, 0.25) is 29.5 Å². The third kappa shape index (κ3) is 25.6. The van der Waals surface area contributed by atoms with Crippen LogP contribution in [0.2, 0.25) is 0 Å². The van der Waals surface area contributed by atoms with Crippen LogP contribution in [0.25, 0.3) is 0 Å². The Kier molecular flexibility index (Phi) is 29.9. The Balaban J connectivity index is 1.40. The highest BCUT2D eigenvalue weighted by atomic mass is 16.6. The molecule has 22 heteroatoms. The van der Waals surface area contributed by atoms with Gasteiger partial charge in [0.15, 0.2) is 0 Å². The lowest BCUT2D eigenvalue weighted by Crippen LogP contribution is -2.51. The Morgan fingerprint density at radius 3 is 1.69 bits per heavy atom. The summed E-state index contributed by atoms with van der Waals surface area (Å²) in [5, 5.41) is 10.6. The summed E-state index contributed by atoms with van der Waals surface area (Å²) in [6, 6.07) is 5.14. The number of imide groups is 1. The summed E-state index contributed by atoms with van der Waals surface area (Å²) in [7, 11) is 1.57. The van der Waals surface area contributed by atoms with E-state index in [-0.39, 0.29) is 87.8 Å². The van der Waals surface area contributed by atoms with Crippen molar-refractivity contribution in [2.75, 3.05) is 111 Å². The van der Waals surface area contributed by atoms with Gasteiger partial charge in [-0.15, -0.1) is 0 Å². The van der Waals surface area contributed by atoms with Gasteiger partial charge < -0.3 is 65.1 Å². The number of alkyl carbamates (subject to hydrolysis) is 1. The van der Waals surface area contributed by atoms with Crippen LogP contribution in [0.3, 0.4) is 0 Å². The number of nitrogens with one attached hydrogen (secondary N) is 4. The van der Waals surface area contributed by atoms with E-state index in [0.29, 0.717) is 96.6 Å². The summed E-state index contributed by atoms with van der Waals surface area (Å²) in [6.45, 7) is 11.6. The summed E-state index contributed by atoms with van der Waals surface area (Å²) < 4.78 is 38.0. The summed E-state index contributed by atoms with van der Waals surface area (Å²) in [5.41, 5.74) is 6.56. The minimum Gasteiger partial charge on any atom is -0.445 e. The predicted octanol–water partition coefficient (Wildman–Crippen LogP) is 1.05. The van der Waals surface area contributed by atoms with Gasteiger partial charge in [-0.1, -0.05) is 46.2 Å². The zero-order valence-corrected chi connectivity index (χ0v) is 40.2. The van der Waals surface area contributed by atoms with Gasteiger partial charge in [0.25, 0.3) is 11.8 Å². The van der Waals surface area contributed by atoms with Crippen LogP contribution in [0.5, 0.6) is 0 Å². The van der Waals surface area contributed by atoms with Gasteiger partial charge in [0.05, 0.1) is 92.2 Å². The van der Waals surface area contributed by atoms with Gasteiger partial charge in [0.1, 0.15) is 18.7 Å². The van der Waals surface area contributed by atoms with Gasteiger partial charge in [-0.25, -0.2) is 4.79 Å². The summed E-state index contributed by atoms with van der Waals surface area (Å²) in [4.78, 5) is 99.7. The lowest BCUT2D eigenvalue weighted by atomic mass is 10.0. The molecule has 0 spiro atoms. The van der Waals surface area contributed by atoms with E-state index in [1.807, 2.05) is 13.8 Å². The Hall–Kier alpha value is -5.52. The molecule has 0 saturated heterocycles. The molecule has 2 atom stereocenters. The molecule has 6 N–H and O–H groups in total. The number of amides is 8. The first kappa shape index (κ1) is 58.6. The molecular weight excluding hydrogens is 891 g/mol. The van der Waals surface area contributed by atoms with Crippen molar-refractivity contribution in [2.24, 2.45) is 17.6 Å². The highest BCUT2D eigenvalue weighted by molar-refractivity contribution is 6.12. The maximum atomic E-state index is 12.8. The summed E-state index contributed by atoms with van der Waals surface area (Å²) >= 11 is 0. The Morgan fingerprint density at radius 1 is 0.647 bits per heavy atom. The van der Waals surface area contributed by atoms with Crippen molar-refractivity contribution < 1.29 is 71.5 Å². The molecule has 2 rings (SSSR count). The number of ether oxygens (including phenoxy) is 7. The van der Waals surface area contributed by atoms with E-state index in [1.165, 1.54) is 17.1 Å². The molecule has 382 valence electrons. The number of nitrogens with zero attached hydrogens (tertiary/aromatic N) is 2. The molecular formula is C46H73N7O15. The van der Waals surface area contributed by atoms with Gasteiger partial charge in [-0.2, -0.15) is 0 Å². The first-order chi connectivity index (χ1) is 32.6. The molecule has 0 bridgehead atoms. The van der Waals surface area contributed by atoms with Crippen molar-refractivity contribution in [1.29, 1.82) is 0 Å².